The fourth-order valence-corrected chi connectivity index (χ4v) is 1.88. The number of anilines is 1. The van der Waals surface area contributed by atoms with Crippen LogP contribution in [0.3, 0.4) is 0 Å². The van der Waals surface area contributed by atoms with Gasteiger partial charge in [-0.15, -0.1) is 0 Å². The van der Waals surface area contributed by atoms with E-state index in [4.69, 9.17) is 23.2 Å². The van der Waals surface area contributed by atoms with Gasteiger partial charge in [0, 0.05) is 17.1 Å². The molecule has 1 heterocycles. The maximum Gasteiger partial charge on any atom is 0.132 e. The first-order valence-electron chi connectivity index (χ1n) is 5.37. The van der Waals surface area contributed by atoms with E-state index in [1.165, 1.54) is 6.07 Å². The standard InChI is InChI=1S/C13H11Cl2FN2/c1-8-5-9(6-18-13(8)15)17-7-10-11(14)3-2-4-12(10)16/h2-6,17H,7H2,1H3. The van der Waals surface area contributed by atoms with E-state index in [2.05, 4.69) is 10.3 Å². The molecular formula is C13H11Cl2FN2. The number of rotatable bonds is 3. The first-order chi connectivity index (χ1) is 8.58. The molecule has 2 aromatic rings. The van der Waals surface area contributed by atoms with Crippen LogP contribution >= 0.6 is 23.2 Å². The van der Waals surface area contributed by atoms with Crippen molar-refractivity contribution in [3.05, 3.63) is 57.6 Å². The molecular weight excluding hydrogens is 274 g/mol. The van der Waals surface area contributed by atoms with E-state index in [9.17, 15) is 4.39 Å². The summed E-state index contributed by atoms with van der Waals surface area (Å²) in [4.78, 5) is 4.01. The summed E-state index contributed by atoms with van der Waals surface area (Å²) in [5.41, 5.74) is 2.07. The number of hydrogen-bond acceptors (Lipinski definition) is 2. The van der Waals surface area contributed by atoms with Gasteiger partial charge in [0.1, 0.15) is 11.0 Å². The highest BCUT2D eigenvalue weighted by Gasteiger charge is 2.06. The topological polar surface area (TPSA) is 24.9 Å². The van der Waals surface area contributed by atoms with Gasteiger partial charge in [0.25, 0.3) is 0 Å². The zero-order valence-electron chi connectivity index (χ0n) is 9.67. The predicted molar refractivity (Wildman–Crippen MR) is 72.7 cm³/mol. The molecule has 0 aliphatic carbocycles. The Kier molecular flexibility index (Phi) is 4.04. The molecule has 0 bridgehead atoms. The molecule has 2 nitrogen and oxygen atoms in total. The molecule has 0 saturated carbocycles. The Morgan fingerprint density at radius 1 is 1.33 bits per heavy atom. The van der Waals surface area contributed by atoms with Crippen LogP contribution in [0.25, 0.3) is 0 Å². The van der Waals surface area contributed by atoms with E-state index >= 15 is 0 Å². The molecule has 0 amide bonds. The molecule has 1 aromatic carbocycles. The second-order valence-corrected chi connectivity index (χ2v) is 4.65. The van der Waals surface area contributed by atoms with Crippen molar-refractivity contribution in [2.75, 3.05) is 5.32 Å². The van der Waals surface area contributed by atoms with Crippen LogP contribution in [0, 0.1) is 12.7 Å². The van der Waals surface area contributed by atoms with Crippen LogP contribution in [0.5, 0.6) is 0 Å². The van der Waals surface area contributed by atoms with Crippen LogP contribution in [-0.2, 0) is 6.54 Å². The fourth-order valence-electron chi connectivity index (χ4n) is 1.55. The zero-order valence-corrected chi connectivity index (χ0v) is 11.2. The quantitative estimate of drug-likeness (QED) is 0.843. The minimum Gasteiger partial charge on any atom is -0.380 e. The van der Waals surface area contributed by atoms with Crippen LogP contribution in [0.1, 0.15) is 11.1 Å². The van der Waals surface area contributed by atoms with Crippen molar-refractivity contribution in [3.8, 4) is 0 Å². The lowest BCUT2D eigenvalue weighted by atomic mass is 10.2. The molecule has 0 saturated heterocycles. The summed E-state index contributed by atoms with van der Waals surface area (Å²) in [6, 6.07) is 6.47. The smallest absolute Gasteiger partial charge is 0.132 e. The molecule has 1 N–H and O–H groups in total. The van der Waals surface area contributed by atoms with Crippen molar-refractivity contribution in [2.24, 2.45) is 0 Å². The van der Waals surface area contributed by atoms with Crippen LogP contribution in [0.15, 0.2) is 30.5 Å². The Balaban J connectivity index is 2.14. The predicted octanol–water partition coefficient (Wildman–Crippen LogP) is 4.45. The van der Waals surface area contributed by atoms with Gasteiger partial charge in [-0.1, -0.05) is 29.3 Å². The first-order valence-corrected chi connectivity index (χ1v) is 6.12. The molecule has 2 rings (SSSR count). The molecule has 0 atom stereocenters. The summed E-state index contributed by atoms with van der Waals surface area (Å²) in [6.07, 6.45) is 1.60. The van der Waals surface area contributed by atoms with E-state index in [0.717, 1.165) is 11.3 Å². The van der Waals surface area contributed by atoms with Crippen molar-refractivity contribution in [1.82, 2.24) is 4.98 Å². The van der Waals surface area contributed by atoms with Crippen molar-refractivity contribution >= 4 is 28.9 Å². The summed E-state index contributed by atoms with van der Waals surface area (Å²) in [7, 11) is 0. The van der Waals surface area contributed by atoms with Gasteiger partial charge in [-0.2, -0.15) is 0 Å². The second kappa shape index (κ2) is 5.55. The van der Waals surface area contributed by atoms with Gasteiger partial charge < -0.3 is 5.32 Å². The number of aromatic nitrogens is 1. The lowest BCUT2D eigenvalue weighted by Crippen LogP contribution is -2.03. The number of pyridine rings is 1. The average Bonchev–Trinajstić information content (AvgIpc) is 2.33. The Labute approximate surface area is 115 Å². The minimum absolute atomic E-state index is 0.300. The van der Waals surface area contributed by atoms with Crippen molar-refractivity contribution < 1.29 is 4.39 Å². The average molecular weight is 285 g/mol. The van der Waals surface area contributed by atoms with E-state index < -0.39 is 0 Å². The molecule has 0 aliphatic rings. The van der Waals surface area contributed by atoms with Crippen LogP contribution in [0.4, 0.5) is 10.1 Å². The lowest BCUT2D eigenvalue weighted by molar-refractivity contribution is 0.613. The van der Waals surface area contributed by atoms with E-state index in [1.54, 1.807) is 18.3 Å². The molecule has 0 fully saturated rings. The number of aryl methyl sites for hydroxylation is 1. The largest absolute Gasteiger partial charge is 0.380 e. The Morgan fingerprint density at radius 3 is 2.78 bits per heavy atom. The zero-order chi connectivity index (χ0) is 13.1. The summed E-state index contributed by atoms with van der Waals surface area (Å²) in [5, 5.41) is 3.93. The monoisotopic (exact) mass is 284 g/mol. The molecule has 0 aliphatic heterocycles. The Bertz CT molecular complexity index is 553. The van der Waals surface area contributed by atoms with Gasteiger partial charge in [-0.3, -0.25) is 0 Å². The van der Waals surface area contributed by atoms with E-state index in [1.807, 2.05) is 13.0 Å². The van der Waals surface area contributed by atoms with Gasteiger partial charge in [0.15, 0.2) is 0 Å². The first kappa shape index (κ1) is 13.1. The molecule has 18 heavy (non-hydrogen) atoms. The van der Waals surface area contributed by atoms with Crippen molar-refractivity contribution in [1.29, 1.82) is 0 Å². The van der Waals surface area contributed by atoms with E-state index in [-0.39, 0.29) is 5.82 Å². The second-order valence-electron chi connectivity index (χ2n) is 3.89. The number of nitrogens with zero attached hydrogens (tertiary/aromatic N) is 1. The van der Waals surface area contributed by atoms with Gasteiger partial charge in [-0.25, -0.2) is 9.37 Å². The normalized spacial score (nSPS) is 10.4. The molecule has 0 unspecified atom stereocenters. The van der Waals surface area contributed by atoms with Gasteiger partial charge in [0.2, 0.25) is 0 Å². The number of hydrogen-bond donors (Lipinski definition) is 1. The Morgan fingerprint density at radius 2 is 2.11 bits per heavy atom. The molecule has 94 valence electrons. The maximum atomic E-state index is 13.5. The third kappa shape index (κ3) is 2.92. The number of benzene rings is 1. The van der Waals surface area contributed by atoms with Gasteiger partial charge in [0.05, 0.1) is 11.9 Å². The minimum atomic E-state index is -0.325. The number of halogens is 3. The number of nitrogens with one attached hydrogen (secondary N) is 1. The maximum absolute atomic E-state index is 13.5. The summed E-state index contributed by atoms with van der Waals surface area (Å²) < 4.78 is 13.5. The van der Waals surface area contributed by atoms with Gasteiger partial charge in [-0.05, 0) is 30.7 Å². The molecule has 0 radical (unpaired) electrons. The highest BCUT2D eigenvalue weighted by Crippen LogP contribution is 2.21. The fraction of sp³-hybridized carbons (Fsp3) is 0.154. The summed E-state index contributed by atoms with van der Waals surface area (Å²) in [5.74, 6) is -0.325. The summed E-state index contributed by atoms with van der Waals surface area (Å²) in [6.45, 7) is 2.16. The van der Waals surface area contributed by atoms with Crippen molar-refractivity contribution in [2.45, 2.75) is 13.5 Å². The molecule has 1 aromatic heterocycles. The van der Waals surface area contributed by atoms with Crippen molar-refractivity contribution in [3.63, 3.8) is 0 Å². The van der Waals surface area contributed by atoms with Crippen LogP contribution < -0.4 is 5.32 Å². The third-order valence-corrected chi connectivity index (χ3v) is 3.30. The third-order valence-electron chi connectivity index (χ3n) is 2.55. The van der Waals surface area contributed by atoms with Crippen LogP contribution in [0.2, 0.25) is 10.2 Å². The van der Waals surface area contributed by atoms with Gasteiger partial charge >= 0.3 is 0 Å². The highest BCUT2D eigenvalue weighted by atomic mass is 35.5. The lowest BCUT2D eigenvalue weighted by Gasteiger charge is -2.09. The molecule has 0 spiro atoms. The SMILES string of the molecule is Cc1cc(NCc2c(F)cccc2Cl)cnc1Cl. The summed E-state index contributed by atoms with van der Waals surface area (Å²) >= 11 is 11.8. The molecule has 5 heteroatoms. The Hall–Kier alpha value is -1.32. The highest BCUT2D eigenvalue weighted by molar-refractivity contribution is 6.31. The van der Waals surface area contributed by atoms with E-state index in [0.29, 0.717) is 22.3 Å². The van der Waals surface area contributed by atoms with Crippen LogP contribution in [-0.4, -0.2) is 4.98 Å².